The van der Waals surface area contributed by atoms with Gasteiger partial charge in [-0.15, -0.1) is 0 Å². The van der Waals surface area contributed by atoms with E-state index in [4.69, 9.17) is 5.73 Å². The van der Waals surface area contributed by atoms with Gasteiger partial charge in [0.2, 0.25) is 0 Å². The molecule has 0 radical (unpaired) electrons. The molecule has 0 saturated heterocycles. The third kappa shape index (κ3) is 2.47. The zero-order chi connectivity index (χ0) is 11.4. The lowest BCUT2D eigenvalue weighted by molar-refractivity contribution is 0.570. The van der Waals surface area contributed by atoms with E-state index in [0.717, 1.165) is 6.54 Å². The molecule has 0 spiro atoms. The molecule has 1 rings (SSSR count). The molecule has 84 valence electrons. The fourth-order valence-corrected chi connectivity index (χ4v) is 1.27. The largest absolute Gasteiger partial charge is 0.391 e. The van der Waals surface area contributed by atoms with E-state index >= 15 is 0 Å². The summed E-state index contributed by atoms with van der Waals surface area (Å²) in [4.78, 5) is 17.8. The molecule has 0 amide bonds. The van der Waals surface area contributed by atoms with Crippen molar-refractivity contribution in [1.29, 1.82) is 0 Å². The smallest absolute Gasteiger partial charge is 0.276 e. The van der Waals surface area contributed by atoms with Gasteiger partial charge in [0.1, 0.15) is 5.69 Å². The van der Waals surface area contributed by atoms with Crippen molar-refractivity contribution >= 4 is 11.5 Å². The molecule has 0 saturated carbocycles. The van der Waals surface area contributed by atoms with Gasteiger partial charge in [0.15, 0.2) is 5.82 Å². The first-order valence-electron chi connectivity index (χ1n) is 4.93. The average Bonchev–Trinajstić information content (AvgIpc) is 2.19. The van der Waals surface area contributed by atoms with Crippen molar-refractivity contribution in [3.63, 3.8) is 0 Å². The highest BCUT2D eigenvalue weighted by atomic mass is 16.1. The Balaban J connectivity index is 3.11. The first-order valence-corrected chi connectivity index (χ1v) is 4.93. The van der Waals surface area contributed by atoms with Gasteiger partial charge in [-0.2, -0.15) is 0 Å². The van der Waals surface area contributed by atoms with Gasteiger partial charge in [0.05, 0.1) is 6.33 Å². The number of rotatable bonds is 4. The Labute approximate surface area is 88.5 Å². The molecule has 1 aromatic heterocycles. The monoisotopic (exact) mass is 211 g/mol. The molecule has 0 aliphatic heterocycles. The first kappa shape index (κ1) is 11.5. The lowest BCUT2D eigenvalue weighted by atomic mass is 10.3. The third-order valence-corrected chi connectivity index (χ3v) is 1.94. The van der Waals surface area contributed by atoms with Crippen molar-refractivity contribution in [1.82, 2.24) is 15.4 Å². The van der Waals surface area contributed by atoms with Crippen LogP contribution in [-0.2, 0) is 0 Å². The predicted molar refractivity (Wildman–Crippen MR) is 60.6 cm³/mol. The fraction of sp³-hybridized carbons (Fsp3) is 0.556. The summed E-state index contributed by atoms with van der Waals surface area (Å²) in [5, 5.41) is 1.78. The second-order valence-electron chi connectivity index (χ2n) is 3.44. The molecule has 6 nitrogen and oxygen atoms in total. The molecule has 4 N–H and O–H groups in total. The Morgan fingerprint density at radius 1 is 1.67 bits per heavy atom. The van der Waals surface area contributed by atoms with Crippen molar-refractivity contribution in [3.05, 3.63) is 16.7 Å². The van der Waals surface area contributed by atoms with Crippen molar-refractivity contribution in [2.24, 2.45) is 0 Å². The van der Waals surface area contributed by atoms with Crippen LogP contribution in [0, 0.1) is 0 Å². The highest BCUT2D eigenvalue weighted by Crippen LogP contribution is 2.15. The summed E-state index contributed by atoms with van der Waals surface area (Å²) in [6.45, 7) is 6.70. The second kappa shape index (κ2) is 4.79. The van der Waals surface area contributed by atoms with E-state index in [9.17, 15) is 4.79 Å². The zero-order valence-electron chi connectivity index (χ0n) is 9.24. The maximum Gasteiger partial charge on any atom is 0.276 e. The number of anilines is 2. The Kier molecular flexibility index (Phi) is 3.68. The van der Waals surface area contributed by atoms with Crippen molar-refractivity contribution in [2.45, 2.75) is 26.8 Å². The molecular weight excluding hydrogens is 194 g/mol. The van der Waals surface area contributed by atoms with Crippen molar-refractivity contribution in [3.8, 4) is 0 Å². The highest BCUT2D eigenvalue weighted by Gasteiger charge is 2.15. The van der Waals surface area contributed by atoms with Gasteiger partial charge in [0.25, 0.3) is 5.56 Å². The summed E-state index contributed by atoms with van der Waals surface area (Å²) in [6.07, 6.45) is 1.35. The molecule has 0 atom stereocenters. The van der Waals surface area contributed by atoms with Crippen LogP contribution in [0.4, 0.5) is 11.5 Å². The van der Waals surface area contributed by atoms with E-state index in [1.165, 1.54) is 6.33 Å². The van der Waals surface area contributed by atoms with Crippen molar-refractivity contribution in [2.75, 3.05) is 17.3 Å². The molecule has 1 aromatic rings. The van der Waals surface area contributed by atoms with Crippen LogP contribution in [-0.4, -0.2) is 22.6 Å². The highest BCUT2D eigenvalue weighted by molar-refractivity contribution is 5.60. The van der Waals surface area contributed by atoms with Gasteiger partial charge < -0.3 is 10.7 Å². The van der Waals surface area contributed by atoms with Gasteiger partial charge in [-0.1, -0.05) is 6.92 Å². The van der Waals surface area contributed by atoms with E-state index < -0.39 is 0 Å². The molecule has 6 heteroatoms. The molecule has 0 fully saturated rings. The maximum absolute atomic E-state index is 11.3. The number of nitrogen functional groups attached to an aromatic ring is 1. The zero-order valence-corrected chi connectivity index (χ0v) is 9.24. The molecule has 0 aromatic carbocycles. The normalized spacial score (nSPS) is 10.7. The van der Waals surface area contributed by atoms with Crippen LogP contribution in [0.15, 0.2) is 11.1 Å². The summed E-state index contributed by atoms with van der Waals surface area (Å²) in [6, 6.07) is 0.168. The van der Waals surface area contributed by atoms with E-state index in [-0.39, 0.29) is 17.3 Å². The minimum absolute atomic E-state index is 0.132. The van der Waals surface area contributed by atoms with E-state index in [0.29, 0.717) is 5.82 Å². The standard InChI is InChI=1S/C9H17N5O/c1-4-13-14(6(2)3)8-7(10)9(15)12-5-11-8/h5-6,13H,4,10H2,1-3H3,(H,11,12,15). The number of hydrogen-bond donors (Lipinski definition) is 3. The lowest BCUT2D eigenvalue weighted by Gasteiger charge is -2.28. The van der Waals surface area contributed by atoms with Gasteiger partial charge in [-0.3, -0.25) is 9.80 Å². The van der Waals surface area contributed by atoms with E-state index in [1.54, 1.807) is 5.01 Å². The maximum atomic E-state index is 11.3. The van der Waals surface area contributed by atoms with E-state index in [2.05, 4.69) is 15.4 Å². The Bertz CT molecular complexity index is 373. The minimum atomic E-state index is -0.316. The average molecular weight is 211 g/mol. The number of nitrogens with two attached hydrogens (primary N) is 1. The summed E-state index contributed by atoms with van der Waals surface area (Å²) in [7, 11) is 0. The van der Waals surface area contributed by atoms with Crippen LogP contribution < -0.4 is 21.7 Å². The van der Waals surface area contributed by atoms with Crippen LogP contribution in [0.1, 0.15) is 20.8 Å². The lowest BCUT2D eigenvalue weighted by Crippen LogP contribution is -2.44. The molecule has 15 heavy (non-hydrogen) atoms. The first-order chi connectivity index (χ1) is 7.07. The van der Waals surface area contributed by atoms with Crippen LogP contribution in [0.5, 0.6) is 0 Å². The predicted octanol–water partition coefficient (Wildman–Crippen LogP) is 0.0914. The topological polar surface area (TPSA) is 87.0 Å². The summed E-state index contributed by atoms with van der Waals surface area (Å²) >= 11 is 0. The Morgan fingerprint density at radius 3 is 2.87 bits per heavy atom. The number of nitrogens with one attached hydrogen (secondary N) is 2. The van der Waals surface area contributed by atoms with Crippen LogP contribution >= 0.6 is 0 Å². The summed E-state index contributed by atoms with van der Waals surface area (Å²) in [5.41, 5.74) is 8.58. The Morgan fingerprint density at radius 2 is 2.33 bits per heavy atom. The van der Waals surface area contributed by atoms with Crippen LogP contribution in [0.25, 0.3) is 0 Å². The molecule has 0 aliphatic rings. The quantitative estimate of drug-likeness (QED) is 0.614. The summed E-state index contributed by atoms with van der Waals surface area (Å²) < 4.78 is 0. The molecule has 1 heterocycles. The van der Waals surface area contributed by atoms with Gasteiger partial charge in [-0.25, -0.2) is 10.4 Å². The number of hydrazine groups is 1. The van der Waals surface area contributed by atoms with E-state index in [1.807, 2.05) is 20.8 Å². The fourth-order valence-electron chi connectivity index (χ4n) is 1.27. The van der Waals surface area contributed by atoms with Crippen LogP contribution in [0.3, 0.4) is 0 Å². The summed E-state index contributed by atoms with van der Waals surface area (Å²) in [5.74, 6) is 0.468. The van der Waals surface area contributed by atoms with Crippen molar-refractivity contribution < 1.29 is 0 Å². The molecule has 0 aliphatic carbocycles. The molecule has 0 bridgehead atoms. The third-order valence-electron chi connectivity index (χ3n) is 1.94. The SMILES string of the molecule is CCNN(c1nc[nH]c(=O)c1N)C(C)C. The number of aromatic nitrogens is 2. The van der Waals surface area contributed by atoms with Crippen LogP contribution in [0.2, 0.25) is 0 Å². The molecular formula is C9H17N5O. The number of nitrogens with zero attached hydrogens (tertiary/aromatic N) is 2. The van der Waals surface area contributed by atoms with Gasteiger partial charge in [-0.05, 0) is 13.8 Å². The number of hydrogen-bond acceptors (Lipinski definition) is 5. The Hall–Kier alpha value is -1.56. The number of aromatic amines is 1. The molecule has 0 unspecified atom stereocenters. The second-order valence-corrected chi connectivity index (χ2v) is 3.44. The van der Waals surface area contributed by atoms with Gasteiger partial charge in [0, 0.05) is 12.6 Å². The number of H-pyrrole nitrogens is 1. The minimum Gasteiger partial charge on any atom is -0.391 e. The van der Waals surface area contributed by atoms with Gasteiger partial charge >= 0.3 is 0 Å².